The number of piperidine rings is 1. The lowest BCUT2D eigenvalue weighted by atomic mass is 10.1. The average Bonchev–Trinajstić information content (AvgIpc) is 2.85. The number of carbonyl (C=O) groups excluding carboxylic acids is 1. The molecule has 0 bridgehead atoms. The molecule has 2 rings (SSSR count). The fourth-order valence-electron chi connectivity index (χ4n) is 2.21. The molecule has 1 aromatic rings. The van der Waals surface area contributed by atoms with Crippen LogP contribution in [-0.2, 0) is 4.74 Å². The Balaban J connectivity index is 1.80. The largest absolute Gasteiger partial charge is 0.438 e. The molecule has 1 aliphatic rings. The zero-order valence-electron chi connectivity index (χ0n) is 11.3. The topological polar surface area (TPSA) is 81.6 Å². The first kappa shape index (κ1) is 14.0. The second-order valence-corrected chi connectivity index (χ2v) is 4.77. The Labute approximate surface area is 112 Å². The number of aromatic nitrogens is 1. The highest BCUT2D eigenvalue weighted by atomic mass is 16.5. The number of hydrogen-bond acceptors (Lipinski definition) is 5. The van der Waals surface area contributed by atoms with Gasteiger partial charge >= 0.3 is 0 Å². The van der Waals surface area contributed by atoms with E-state index in [-0.39, 0.29) is 12.0 Å². The minimum Gasteiger partial charge on any atom is -0.438 e. The molecular weight excluding hydrogens is 246 g/mol. The van der Waals surface area contributed by atoms with Crippen molar-refractivity contribution in [1.82, 2.24) is 9.88 Å². The second-order valence-electron chi connectivity index (χ2n) is 4.77. The Morgan fingerprint density at radius 2 is 2.32 bits per heavy atom. The molecule has 0 saturated carbocycles. The third kappa shape index (κ3) is 3.54. The van der Waals surface area contributed by atoms with Crippen LogP contribution in [0.2, 0.25) is 0 Å². The molecule has 0 unspecified atom stereocenters. The van der Waals surface area contributed by atoms with E-state index in [1.54, 1.807) is 11.8 Å². The van der Waals surface area contributed by atoms with Gasteiger partial charge < -0.3 is 19.8 Å². The molecule has 6 heteroatoms. The van der Waals surface area contributed by atoms with Gasteiger partial charge in [-0.1, -0.05) is 0 Å². The number of nitrogens with zero attached hydrogens (tertiary/aromatic N) is 2. The van der Waals surface area contributed by atoms with Crippen LogP contribution in [0.1, 0.15) is 35.5 Å². The molecule has 1 aliphatic heterocycles. The van der Waals surface area contributed by atoms with E-state index in [9.17, 15) is 4.79 Å². The average molecular weight is 267 g/mol. The van der Waals surface area contributed by atoms with Crippen LogP contribution in [-0.4, -0.2) is 48.1 Å². The van der Waals surface area contributed by atoms with E-state index in [2.05, 4.69) is 4.98 Å². The van der Waals surface area contributed by atoms with Crippen LogP contribution < -0.4 is 5.73 Å². The fourth-order valence-corrected chi connectivity index (χ4v) is 2.21. The maximum atomic E-state index is 12.2. The number of rotatable bonds is 5. The molecule has 6 nitrogen and oxygen atoms in total. The molecule has 0 atom stereocenters. The van der Waals surface area contributed by atoms with E-state index < -0.39 is 0 Å². The van der Waals surface area contributed by atoms with Gasteiger partial charge in [0.1, 0.15) is 0 Å². The molecule has 0 spiro atoms. The molecule has 0 aliphatic carbocycles. The summed E-state index contributed by atoms with van der Waals surface area (Å²) in [6.07, 6.45) is 4.17. The van der Waals surface area contributed by atoms with Gasteiger partial charge in [-0.25, -0.2) is 4.98 Å². The van der Waals surface area contributed by atoms with Gasteiger partial charge in [0.2, 0.25) is 5.76 Å². The normalized spacial score (nSPS) is 16.8. The second kappa shape index (κ2) is 6.68. The molecule has 1 saturated heterocycles. The summed E-state index contributed by atoms with van der Waals surface area (Å²) >= 11 is 0. The Bertz CT molecular complexity index is 411. The lowest BCUT2D eigenvalue weighted by Crippen LogP contribution is -2.41. The van der Waals surface area contributed by atoms with Crippen LogP contribution in [0.3, 0.4) is 0 Å². The number of amides is 1. The summed E-state index contributed by atoms with van der Waals surface area (Å²) in [5.74, 6) is 0.276. The van der Waals surface area contributed by atoms with Gasteiger partial charge in [0, 0.05) is 19.7 Å². The Morgan fingerprint density at radius 3 is 2.89 bits per heavy atom. The van der Waals surface area contributed by atoms with Crippen molar-refractivity contribution in [1.29, 1.82) is 0 Å². The molecule has 1 fully saturated rings. The number of aryl methyl sites for hydroxylation is 1. The standard InChI is InChI=1S/C13H21N3O3/c1-10-12(19-9-15-10)13(17)16-6-3-11(4-7-16)18-8-2-5-14/h9,11H,2-8,14H2,1H3. The fraction of sp³-hybridized carbons (Fsp3) is 0.692. The van der Waals surface area contributed by atoms with Crippen molar-refractivity contribution in [3.63, 3.8) is 0 Å². The molecule has 19 heavy (non-hydrogen) atoms. The van der Waals surface area contributed by atoms with E-state index in [1.807, 2.05) is 0 Å². The van der Waals surface area contributed by atoms with Gasteiger partial charge in [-0.05, 0) is 32.7 Å². The van der Waals surface area contributed by atoms with Gasteiger partial charge in [-0.2, -0.15) is 0 Å². The van der Waals surface area contributed by atoms with E-state index in [1.165, 1.54) is 6.39 Å². The number of likely N-dealkylation sites (tertiary alicyclic amines) is 1. The quantitative estimate of drug-likeness (QED) is 0.803. The van der Waals surface area contributed by atoms with Crippen molar-refractivity contribution in [3.8, 4) is 0 Å². The summed E-state index contributed by atoms with van der Waals surface area (Å²) in [6, 6.07) is 0. The van der Waals surface area contributed by atoms with Gasteiger partial charge in [0.15, 0.2) is 6.39 Å². The summed E-state index contributed by atoms with van der Waals surface area (Å²) in [5, 5.41) is 0. The van der Waals surface area contributed by atoms with Gasteiger partial charge in [0.05, 0.1) is 11.8 Å². The van der Waals surface area contributed by atoms with Crippen molar-refractivity contribution in [3.05, 3.63) is 17.8 Å². The summed E-state index contributed by atoms with van der Waals surface area (Å²) in [5.41, 5.74) is 6.07. The smallest absolute Gasteiger partial charge is 0.291 e. The summed E-state index contributed by atoms with van der Waals surface area (Å²) in [6.45, 7) is 4.54. The van der Waals surface area contributed by atoms with Crippen molar-refractivity contribution in [2.75, 3.05) is 26.2 Å². The lowest BCUT2D eigenvalue weighted by Gasteiger charge is -2.31. The van der Waals surface area contributed by atoms with Crippen LogP contribution in [0.5, 0.6) is 0 Å². The zero-order chi connectivity index (χ0) is 13.7. The first-order chi connectivity index (χ1) is 9.22. The van der Waals surface area contributed by atoms with Gasteiger partial charge in [-0.3, -0.25) is 4.79 Å². The van der Waals surface area contributed by atoms with E-state index in [0.717, 1.165) is 19.3 Å². The lowest BCUT2D eigenvalue weighted by molar-refractivity contribution is 0.00762. The summed E-state index contributed by atoms with van der Waals surface area (Å²) < 4.78 is 10.9. The predicted octanol–water partition coefficient (Wildman–Crippen LogP) is 0.953. The minimum absolute atomic E-state index is 0.0737. The Kier molecular flexibility index (Phi) is 4.93. The van der Waals surface area contributed by atoms with E-state index in [0.29, 0.717) is 37.7 Å². The van der Waals surface area contributed by atoms with E-state index >= 15 is 0 Å². The highest BCUT2D eigenvalue weighted by Gasteiger charge is 2.26. The zero-order valence-corrected chi connectivity index (χ0v) is 11.3. The van der Waals surface area contributed by atoms with Crippen molar-refractivity contribution >= 4 is 5.91 Å². The molecule has 1 aromatic heterocycles. The summed E-state index contributed by atoms with van der Waals surface area (Å²) in [4.78, 5) is 17.9. The molecule has 2 heterocycles. The number of hydrogen-bond donors (Lipinski definition) is 1. The van der Waals surface area contributed by atoms with Crippen LogP contribution in [0.25, 0.3) is 0 Å². The van der Waals surface area contributed by atoms with Gasteiger partial charge in [-0.15, -0.1) is 0 Å². The first-order valence-corrected chi connectivity index (χ1v) is 6.73. The van der Waals surface area contributed by atoms with Gasteiger partial charge in [0.25, 0.3) is 5.91 Å². The maximum Gasteiger partial charge on any atom is 0.291 e. The van der Waals surface area contributed by atoms with Crippen LogP contribution in [0.4, 0.5) is 0 Å². The van der Waals surface area contributed by atoms with Crippen LogP contribution in [0.15, 0.2) is 10.8 Å². The number of oxazole rings is 1. The third-order valence-corrected chi connectivity index (χ3v) is 3.37. The first-order valence-electron chi connectivity index (χ1n) is 6.73. The molecule has 0 aromatic carbocycles. The van der Waals surface area contributed by atoms with Crippen LogP contribution >= 0.6 is 0 Å². The summed E-state index contributed by atoms with van der Waals surface area (Å²) in [7, 11) is 0. The monoisotopic (exact) mass is 267 g/mol. The number of carbonyl (C=O) groups is 1. The predicted molar refractivity (Wildman–Crippen MR) is 69.8 cm³/mol. The molecular formula is C13H21N3O3. The molecule has 106 valence electrons. The third-order valence-electron chi connectivity index (χ3n) is 3.37. The number of nitrogens with two attached hydrogens (primary N) is 1. The SMILES string of the molecule is Cc1ncoc1C(=O)N1CCC(OCCCN)CC1. The molecule has 2 N–H and O–H groups in total. The molecule has 0 radical (unpaired) electrons. The molecule has 1 amide bonds. The Hall–Kier alpha value is -1.40. The number of ether oxygens (including phenoxy) is 1. The maximum absolute atomic E-state index is 12.2. The minimum atomic E-state index is -0.0737. The van der Waals surface area contributed by atoms with Crippen LogP contribution in [0, 0.1) is 6.92 Å². The highest BCUT2D eigenvalue weighted by Crippen LogP contribution is 2.17. The Morgan fingerprint density at radius 1 is 1.58 bits per heavy atom. The highest BCUT2D eigenvalue weighted by molar-refractivity contribution is 5.92. The van der Waals surface area contributed by atoms with Crippen molar-refractivity contribution in [2.24, 2.45) is 5.73 Å². The van der Waals surface area contributed by atoms with E-state index in [4.69, 9.17) is 14.9 Å². The van der Waals surface area contributed by atoms with Crippen molar-refractivity contribution < 1.29 is 13.9 Å². The van der Waals surface area contributed by atoms with Crippen molar-refractivity contribution in [2.45, 2.75) is 32.3 Å².